The van der Waals surface area contributed by atoms with E-state index in [4.69, 9.17) is 12.2 Å². The van der Waals surface area contributed by atoms with Crippen molar-refractivity contribution >= 4 is 23.1 Å². The monoisotopic (exact) mass is 279 g/mol. The predicted octanol–water partition coefficient (Wildman–Crippen LogP) is 4.23. The molecule has 20 heavy (non-hydrogen) atoms. The highest BCUT2D eigenvalue weighted by Crippen LogP contribution is 2.38. The van der Waals surface area contributed by atoms with Gasteiger partial charge in [-0.15, -0.1) is 0 Å². The largest absolute Gasteiger partial charge is 0.343 e. The highest BCUT2D eigenvalue weighted by Gasteiger charge is 2.26. The number of aromatic nitrogens is 3. The molecule has 0 atom stereocenters. The number of fused-ring (bicyclic) bond motifs is 1. The van der Waals surface area contributed by atoms with E-state index in [2.05, 4.69) is 33.2 Å². The van der Waals surface area contributed by atoms with Crippen molar-refractivity contribution in [1.82, 2.24) is 15.0 Å². The normalized spacial score (nSPS) is 14.6. The highest BCUT2D eigenvalue weighted by molar-refractivity contribution is 7.71. The van der Waals surface area contributed by atoms with E-state index in [1.54, 1.807) is 0 Å². The molecule has 2 heterocycles. The summed E-state index contributed by atoms with van der Waals surface area (Å²) in [6, 6.07) is 12.2. The zero-order valence-electron chi connectivity index (χ0n) is 10.8. The first-order chi connectivity index (χ1) is 9.79. The molecule has 0 aliphatic heterocycles. The summed E-state index contributed by atoms with van der Waals surface area (Å²) in [6.07, 6.45) is 4.24. The van der Waals surface area contributed by atoms with Crippen molar-refractivity contribution in [1.29, 1.82) is 0 Å². The summed E-state index contributed by atoms with van der Waals surface area (Å²) in [5.41, 5.74) is 3.17. The topological polar surface area (TPSA) is 41.6 Å². The smallest absolute Gasteiger partial charge is 0.130 e. The number of pyridine rings is 1. The third kappa shape index (κ3) is 2.12. The van der Waals surface area contributed by atoms with Gasteiger partial charge >= 0.3 is 0 Å². The Kier molecular flexibility index (Phi) is 2.63. The highest BCUT2D eigenvalue weighted by atomic mass is 32.1. The zero-order chi connectivity index (χ0) is 13.5. The molecular formula is C16H13N3S. The number of aromatic amines is 1. The van der Waals surface area contributed by atoms with E-state index in [-0.39, 0.29) is 0 Å². The van der Waals surface area contributed by atoms with Crippen LogP contribution in [0.2, 0.25) is 0 Å². The fourth-order valence-corrected chi connectivity index (χ4v) is 2.64. The van der Waals surface area contributed by atoms with Crippen LogP contribution in [0.25, 0.3) is 22.2 Å². The van der Waals surface area contributed by atoms with E-state index < -0.39 is 0 Å². The molecule has 1 aromatic carbocycles. The predicted molar refractivity (Wildman–Crippen MR) is 82.1 cm³/mol. The van der Waals surface area contributed by atoms with Gasteiger partial charge in [-0.05, 0) is 42.7 Å². The lowest BCUT2D eigenvalue weighted by Gasteiger charge is -2.06. The molecule has 0 spiro atoms. The van der Waals surface area contributed by atoms with Crippen LogP contribution in [-0.2, 0) is 0 Å². The fraction of sp³-hybridized carbons (Fsp3) is 0.188. The molecule has 4 rings (SSSR count). The van der Waals surface area contributed by atoms with Crippen LogP contribution in [0, 0.1) is 4.64 Å². The second-order valence-electron chi connectivity index (χ2n) is 5.20. The molecule has 3 aromatic rings. The molecule has 3 nitrogen and oxygen atoms in total. The first-order valence-corrected chi connectivity index (χ1v) is 7.17. The molecule has 0 bridgehead atoms. The molecule has 4 heteroatoms. The molecule has 1 aliphatic carbocycles. The molecule has 0 saturated heterocycles. The van der Waals surface area contributed by atoms with Crippen LogP contribution in [0.5, 0.6) is 0 Å². The fourth-order valence-electron chi connectivity index (χ4n) is 2.43. The van der Waals surface area contributed by atoms with Gasteiger partial charge < -0.3 is 4.98 Å². The lowest BCUT2D eigenvalue weighted by Crippen LogP contribution is -1.95. The summed E-state index contributed by atoms with van der Waals surface area (Å²) in [6.45, 7) is 0. The maximum absolute atomic E-state index is 5.29. The van der Waals surface area contributed by atoms with Crippen LogP contribution in [0.4, 0.5) is 0 Å². The van der Waals surface area contributed by atoms with Gasteiger partial charge in [0.1, 0.15) is 10.5 Å². The van der Waals surface area contributed by atoms with Crippen molar-refractivity contribution in [2.24, 2.45) is 0 Å². The number of hydrogen-bond acceptors (Lipinski definition) is 3. The Labute approximate surface area is 121 Å². The van der Waals surface area contributed by atoms with E-state index in [9.17, 15) is 0 Å². The first kappa shape index (κ1) is 11.7. The van der Waals surface area contributed by atoms with Gasteiger partial charge in [0.05, 0.1) is 5.52 Å². The van der Waals surface area contributed by atoms with Crippen LogP contribution in [0.3, 0.4) is 0 Å². The van der Waals surface area contributed by atoms with Crippen LogP contribution in [-0.4, -0.2) is 15.0 Å². The van der Waals surface area contributed by atoms with Crippen LogP contribution in [0.1, 0.15) is 24.6 Å². The van der Waals surface area contributed by atoms with Crippen molar-refractivity contribution in [2.75, 3.05) is 0 Å². The molecule has 1 saturated carbocycles. The molecule has 1 aliphatic rings. The van der Waals surface area contributed by atoms with Crippen molar-refractivity contribution in [3.8, 4) is 11.3 Å². The number of nitrogens with one attached hydrogen (secondary N) is 1. The Morgan fingerprint density at radius 3 is 2.90 bits per heavy atom. The average Bonchev–Trinajstić information content (AvgIpc) is 3.31. The first-order valence-electron chi connectivity index (χ1n) is 6.76. The third-order valence-corrected chi connectivity index (χ3v) is 3.85. The van der Waals surface area contributed by atoms with Gasteiger partial charge in [0.2, 0.25) is 0 Å². The maximum Gasteiger partial charge on any atom is 0.130 e. The van der Waals surface area contributed by atoms with Gasteiger partial charge in [-0.25, -0.2) is 4.98 Å². The molecule has 1 fully saturated rings. The number of hydrogen-bond donors (Lipinski definition) is 1. The molecular weight excluding hydrogens is 266 g/mol. The lowest BCUT2D eigenvalue weighted by molar-refractivity contribution is 0.924. The minimum atomic E-state index is 0.568. The Morgan fingerprint density at radius 1 is 1.15 bits per heavy atom. The summed E-state index contributed by atoms with van der Waals surface area (Å²) in [5.74, 6) is 1.59. The molecule has 0 unspecified atom stereocenters. The van der Waals surface area contributed by atoms with Gasteiger partial charge in [-0.3, -0.25) is 4.98 Å². The average molecular weight is 279 g/mol. The molecule has 0 radical (unpaired) electrons. The summed E-state index contributed by atoms with van der Waals surface area (Å²) < 4.78 is 0.659. The summed E-state index contributed by atoms with van der Waals surface area (Å²) in [4.78, 5) is 12.2. The quantitative estimate of drug-likeness (QED) is 0.714. The Balaban J connectivity index is 1.87. The third-order valence-electron chi connectivity index (χ3n) is 3.64. The number of H-pyrrole nitrogens is 1. The van der Waals surface area contributed by atoms with Crippen molar-refractivity contribution in [3.05, 3.63) is 53.1 Å². The number of benzene rings is 1. The summed E-state index contributed by atoms with van der Waals surface area (Å²) in [5, 5.41) is 1.13. The molecule has 2 aromatic heterocycles. The van der Waals surface area contributed by atoms with E-state index in [1.165, 1.54) is 12.8 Å². The summed E-state index contributed by atoms with van der Waals surface area (Å²) >= 11 is 5.29. The van der Waals surface area contributed by atoms with Gasteiger partial charge in [0, 0.05) is 23.2 Å². The summed E-state index contributed by atoms with van der Waals surface area (Å²) in [7, 11) is 0. The SMILES string of the molecule is S=c1cc(-c2ccc3ncccc3c2)[nH]c(C2CC2)n1. The van der Waals surface area contributed by atoms with E-state index in [1.807, 2.05) is 24.4 Å². The minimum absolute atomic E-state index is 0.568. The second kappa shape index (κ2) is 4.49. The van der Waals surface area contributed by atoms with Gasteiger partial charge in [-0.2, -0.15) is 0 Å². The van der Waals surface area contributed by atoms with Crippen LogP contribution < -0.4 is 0 Å². The van der Waals surface area contributed by atoms with Crippen molar-refractivity contribution in [3.63, 3.8) is 0 Å². The number of rotatable bonds is 2. The van der Waals surface area contributed by atoms with Crippen molar-refractivity contribution in [2.45, 2.75) is 18.8 Å². The van der Waals surface area contributed by atoms with E-state index in [0.717, 1.165) is 28.0 Å². The van der Waals surface area contributed by atoms with E-state index in [0.29, 0.717) is 10.6 Å². The zero-order valence-corrected chi connectivity index (χ0v) is 11.7. The molecule has 1 N–H and O–H groups in total. The standard InChI is InChI=1S/C16H13N3S/c20-15-9-14(18-16(19-15)10-3-4-10)12-5-6-13-11(8-12)2-1-7-17-13/h1-2,5-10H,3-4H2,(H,18,19,20). The minimum Gasteiger partial charge on any atom is -0.343 e. The van der Waals surface area contributed by atoms with Crippen LogP contribution >= 0.6 is 12.2 Å². The van der Waals surface area contributed by atoms with Gasteiger partial charge in [0.15, 0.2) is 0 Å². The lowest BCUT2D eigenvalue weighted by atomic mass is 10.1. The van der Waals surface area contributed by atoms with Gasteiger partial charge in [-0.1, -0.05) is 24.4 Å². The molecule has 98 valence electrons. The number of nitrogens with zero attached hydrogens (tertiary/aromatic N) is 2. The second-order valence-corrected chi connectivity index (χ2v) is 5.62. The van der Waals surface area contributed by atoms with Crippen molar-refractivity contribution < 1.29 is 0 Å². The Hall–Kier alpha value is -2.07. The van der Waals surface area contributed by atoms with E-state index >= 15 is 0 Å². The maximum atomic E-state index is 5.29. The Bertz CT molecular complexity index is 849. The molecule has 0 amide bonds. The van der Waals surface area contributed by atoms with Crippen LogP contribution in [0.15, 0.2) is 42.6 Å². The Morgan fingerprint density at radius 2 is 2.05 bits per heavy atom. The van der Waals surface area contributed by atoms with Gasteiger partial charge in [0.25, 0.3) is 0 Å².